The second-order valence-electron chi connectivity index (χ2n) is 9.01. The van der Waals surface area contributed by atoms with Crippen LogP contribution in [0.2, 0.25) is 0 Å². The maximum absolute atomic E-state index is 13.2. The summed E-state index contributed by atoms with van der Waals surface area (Å²) < 4.78 is 16.6. The molecule has 9 heteroatoms. The molecule has 5 rings (SSSR count). The fourth-order valence-corrected chi connectivity index (χ4v) is 5.25. The molecular weight excluding hydrogens is 452 g/mol. The molecule has 0 radical (unpaired) electrons. The monoisotopic (exact) mass is 480 g/mol. The second kappa shape index (κ2) is 10.1. The Morgan fingerprint density at radius 1 is 1.03 bits per heavy atom. The molecule has 9 nitrogen and oxygen atoms in total. The summed E-state index contributed by atoms with van der Waals surface area (Å²) in [5.41, 5.74) is 4.54. The van der Waals surface area contributed by atoms with Crippen LogP contribution in [0.3, 0.4) is 0 Å². The van der Waals surface area contributed by atoms with Crippen molar-refractivity contribution in [3.8, 4) is 11.1 Å². The summed E-state index contributed by atoms with van der Waals surface area (Å²) in [5, 5.41) is 12.0. The standard InChI is InChI=1S/C26H28N2O7/c29-23(30)13-16-14-33-12-10-28(16)25(31)24-22(9-11-34-24)27-26(32)35-15-21-19-7-3-1-5-17(19)18-6-2-4-8-20(18)21/h1-8,16,21-22,24H,9-15H2,(H,27,32)(H,29,30). The second-order valence-corrected chi connectivity index (χ2v) is 9.01. The average Bonchev–Trinajstić information content (AvgIpc) is 3.45. The van der Waals surface area contributed by atoms with Crippen molar-refractivity contribution in [2.45, 2.75) is 36.9 Å². The van der Waals surface area contributed by atoms with Gasteiger partial charge in [-0.2, -0.15) is 0 Å². The summed E-state index contributed by atoms with van der Waals surface area (Å²) in [6, 6.07) is 15.1. The maximum atomic E-state index is 13.2. The van der Waals surface area contributed by atoms with E-state index in [0.29, 0.717) is 19.6 Å². The van der Waals surface area contributed by atoms with Crippen molar-refractivity contribution in [1.29, 1.82) is 0 Å². The van der Waals surface area contributed by atoms with Gasteiger partial charge in [0.05, 0.1) is 31.7 Å². The Bertz CT molecular complexity index is 1070. The summed E-state index contributed by atoms with van der Waals surface area (Å²) in [5.74, 6) is -1.39. The molecule has 184 valence electrons. The van der Waals surface area contributed by atoms with Crippen molar-refractivity contribution < 1.29 is 33.7 Å². The predicted octanol–water partition coefficient (Wildman–Crippen LogP) is 2.38. The zero-order valence-electron chi connectivity index (χ0n) is 19.2. The van der Waals surface area contributed by atoms with Crippen LogP contribution in [-0.2, 0) is 23.8 Å². The van der Waals surface area contributed by atoms with Gasteiger partial charge in [0, 0.05) is 19.1 Å². The van der Waals surface area contributed by atoms with Crippen molar-refractivity contribution in [3.05, 3.63) is 59.7 Å². The van der Waals surface area contributed by atoms with E-state index in [4.69, 9.17) is 14.2 Å². The van der Waals surface area contributed by atoms with E-state index in [1.165, 1.54) is 4.90 Å². The number of benzene rings is 2. The van der Waals surface area contributed by atoms with Crippen LogP contribution in [0.4, 0.5) is 4.79 Å². The molecule has 2 N–H and O–H groups in total. The first kappa shape index (κ1) is 23.3. The minimum absolute atomic E-state index is 0.0597. The first-order valence-electron chi connectivity index (χ1n) is 11.9. The number of carboxylic acids is 1. The number of ether oxygens (including phenoxy) is 3. The van der Waals surface area contributed by atoms with Crippen molar-refractivity contribution in [1.82, 2.24) is 10.2 Å². The summed E-state index contributed by atoms with van der Waals surface area (Å²) in [7, 11) is 0. The number of nitrogens with zero attached hydrogens (tertiary/aromatic N) is 1. The third kappa shape index (κ3) is 4.74. The topological polar surface area (TPSA) is 114 Å². The Morgan fingerprint density at radius 3 is 2.40 bits per heavy atom. The first-order chi connectivity index (χ1) is 17.0. The van der Waals surface area contributed by atoms with Crippen molar-refractivity contribution in [3.63, 3.8) is 0 Å². The van der Waals surface area contributed by atoms with Gasteiger partial charge in [-0.3, -0.25) is 9.59 Å². The van der Waals surface area contributed by atoms with Crippen molar-refractivity contribution in [2.75, 3.05) is 33.0 Å². The van der Waals surface area contributed by atoms with E-state index in [0.717, 1.165) is 22.3 Å². The molecule has 2 fully saturated rings. The van der Waals surface area contributed by atoms with Crippen LogP contribution in [-0.4, -0.2) is 79.1 Å². The number of alkyl carbamates (subject to hydrolysis) is 1. The molecule has 35 heavy (non-hydrogen) atoms. The van der Waals surface area contributed by atoms with Crippen LogP contribution in [0, 0.1) is 0 Å². The molecule has 2 amide bonds. The van der Waals surface area contributed by atoms with Gasteiger partial charge in [-0.25, -0.2) is 4.79 Å². The van der Waals surface area contributed by atoms with E-state index in [9.17, 15) is 19.5 Å². The zero-order valence-corrected chi connectivity index (χ0v) is 19.2. The number of amides is 2. The van der Waals surface area contributed by atoms with Gasteiger partial charge in [-0.15, -0.1) is 0 Å². The van der Waals surface area contributed by atoms with Gasteiger partial charge < -0.3 is 29.5 Å². The molecule has 1 aliphatic carbocycles. The average molecular weight is 481 g/mol. The quantitative estimate of drug-likeness (QED) is 0.653. The molecule has 2 aliphatic heterocycles. The number of carbonyl (C=O) groups is 3. The highest BCUT2D eigenvalue weighted by Gasteiger charge is 2.41. The molecule has 3 aliphatic rings. The number of carbonyl (C=O) groups excluding carboxylic acids is 2. The molecule has 2 aromatic carbocycles. The van der Waals surface area contributed by atoms with Crippen molar-refractivity contribution >= 4 is 18.0 Å². The summed E-state index contributed by atoms with van der Waals surface area (Å²) >= 11 is 0. The highest BCUT2D eigenvalue weighted by Crippen LogP contribution is 2.44. The third-order valence-corrected chi connectivity index (χ3v) is 6.90. The van der Waals surface area contributed by atoms with Crippen LogP contribution < -0.4 is 5.32 Å². The summed E-state index contributed by atoms with van der Waals surface area (Å²) in [6.07, 6.45) is -1.23. The lowest BCUT2D eigenvalue weighted by Gasteiger charge is -2.37. The molecule has 0 aromatic heterocycles. The molecule has 3 unspecified atom stereocenters. The maximum Gasteiger partial charge on any atom is 0.407 e. The van der Waals surface area contributed by atoms with E-state index in [1.807, 2.05) is 24.3 Å². The lowest BCUT2D eigenvalue weighted by molar-refractivity contribution is -0.153. The Labute approximate surface area is 203 Å². The third-order valence-electron chi connectivity index (χ3n) is 6.90. The molecule has 2 heterocycles. The smallest absolute Gasteiger partial charge is 0.407 e. The lowest BCUT2D eigenvalue weighted by atomic mass is 9.98. The Balaban J connectivity index is 1.22. The Morgan fingerprint density at radius 2 is 1.71 bits per heavy atom. The van der Waals surface area contributed by atoms with Crippen molar-refractivity contribution in [2.24, 2.45) is 0 Å². The first-order valence-corrected chi connectivity index (χ1v) is 11.9. The number of carboxylic acid groups (broad SMARTS) is 1. The van der Waals surface area contributed by atoms with Crippen LogP contribution in [0.1, 0.15) is 29.9 Å². The number of nitrogens with one attached hydrogen (secondary N) is 1. The highest BCUT2D eigenvalue weighted by atomic mass is 16.6. The van der Waals surface area contributed by atoms with Crippen LogP contribution in [0.15, 0.2) is 48.5 Å². The fraction of sp³-hybridized carbons (Fsp3) is 0.423. The Hall–Kier alpha value is -3.43. The number of hydrogen-bond donors (Lipinski definition) is 2. The number of fused-ring (bicyclic) bond motifs is 3. The van der Waals surface area contributed by atoms with Crippen LogP contribution in [0.5, 0.6) is 0 Å². The van der Waals surface area contributed by atoms with Gasteiger partial charge in [-0.1, -0.05) is 48.5 Å². The summed E-state index contributed by atoms with van der Waals surface area (Å²) in [6.45, 7) is 1.28. The predicted molar refractivity (Wildman–Crippen MR) is 125 cm³/mol. The molecule has 0 bridgehead atoms. The number of aliphatic carboxylic acids is 1. The molecule has 2 aromatic rings. The van der Waals surface area contributed by atoms with Gasteiger partial charge in [-0.05, 0) is 28.7 Å². The SMILES string of the molecule is O=C(O)CC1COCCN1C(=O)C1OCCC1NC(=O)OCC1c2ccccc2-c2ccccc21. The molecule has 3 atom stereocenters. The number of rotatable bonds is 6. The van der Waals surface area contributed by atoms with Gasteiger partial charge >= 0.3 is 12.1 Å². The lowest BCUT2D eigenvalue weighted by Crippen LogP contribution is -2.56. The van der Waals surface area contributed by atoms with Gasteiger partial charge in [0.15, 0.2) is 6.10 Å². The van der Waals surface area contributed by atoms with Crippen LogP contribution in [0.25, 0.3) is 11.1 Å². The Kier molecular flexibility index (Phi) is 6.70. The van der Waals surface area contributed by atoms with Gasteiger partial charge in [0.25, 0.3) is 5.91 Å². The normalized spacial score (nSPS) is 23.4. The largest absolute Gasteiger partial charge is 0.481 e. The minimum atomic E-state index is -1.00. The molecular formula is C26H28N2O7. The number of morpholine rings is 1. The van der Waals surface area contributed by atoms with E-state index in [2.05, 4.69) is 29.6 Å². The molecule has 2 saturated heterocycles. The summed E-state index contributed by atoms with van der Waals surface area (Å²) in [4.78, 5) is 38.6. The van der Waals surface area contributed by atoms with Crippen LogP contribution >= 0.6 is 0 Å². The van der Waals surface area contributed by atoms with Gasteiger partial charge in [0.1, 0.15) is 6.61 Å². The molecule has 0 saturated carbocycles. The zero-order chi connectivity index (χ0) is 24.4. The van der Waals surface area contributed by atoms with E-state index in [1.54, 1.807) is 0 Å². The van der Waals surface area contributed by atoms with E-state index in [-0.39, 0.29) is 38.0 Å². The van der Waals surface area contributed by atoms with E-state index < -0.39 is 30.3 Å². The fourth-order valence-electron chi connectivity index (χ4n) is 5.25. The van der Waals surface area contributed by atoms with E-state index >= 15 is 0 Å². The molecule has 0 spiro atoms. The van der Waals surface area contributed by atoms with Gasteiger partial charge in [0.2, 0.25) is 0 Å². The minimum Gasteiger partial charge on any atom is -0.481 e. The number of hydrogen-bond acceptors (Lipinski definition) is 6. The highest BCUT2D eigenvalue weighted by molar-refractivity contribution is 5.84.